The topological polar surface area (TPSA) is 77.3 Å². The van der Waals surface area contributed by atoms with Gasteiger partial charge in [0.05, 0.1) is 5.92 Å². The quantitative estimate of drug-likeness (QED) is 0.317. The molecule has 29 heavy (non-hydrogen) atoms. The fourth-order valence-electron chi connectivity index (χ4n) is 4.22. The third-order valence-electron chi connectivity index (χ3n) is 5.49. The number of carbonyl (C=O) groups is 2. The number of fused-ring (bicyclic) bond motifs is 1. The highest BCUT2D eigenvalue weighted by Gasteiger charge is 2.60. The molecule has 3 aromatic rings. The number of hydrogen-bond acceptors (Lipinski definition) is 4. The number of carbonyl (C=O) groups excluding carboxylic acids is 2. The zero-order chi connectivity index (χ0) is 20.6. The summed E-state index contributed by atoms with van der Waals surface area (Å²) in [7, 11) is 0. The summed E-state index contributed by atoms with van der Waals surface area (Å²) in [5, 5.41) is 11.6. The van der Waals surface area contributed by atoms with Gasteiger partial charge in [0.25, 0.3) is 0 Å². The first-order valence-corrected chi connectivity index (χ1v) is 9.87. The monoisotopic (exact) mass is 449 g/mol. The molecule has 1 aliphatic carbocycles. The van der Waals surface area contributed by atoms with Crippen molar-refractivity contribution in [1.82, 2.24) is 0 Å². The van der Waals surface area contributed by atoms with Crippen molar-refractivity contribution in [1.29, 1.82) is 0 Å². The molecule has 0 aliphatic heterocycles. The van der Waals surface area contributed by atoms with Crippen molar-refractivity contribution in [3.8, 4) is 0 Å². The predicted octanol–water partition coefficient (Wildman–Crippen LogP) is 4.83. The molecule has 0 saturated carbocycles. The van der Waals surface area contributed by atoms with E-state index < -0.39 is 22.8 Å². The molecule has 5 nitrogen and oxygen atoms in total. The first kappa shape index (κ1) is 19.2. The Morgan fingerprint density at radius 2 is 1.34 bits per heavy atom. The van der Waals surface area contributed by atoms with Gasteiger partial charge in [-0.3, -0.25) is 19.7 Å². The van der Waals surface area contributed by atoms with Crippen LogP contribution in [0.25, 0.3) is 0 Å². The van der Waals surface area contributed by atoms with Crippen LogP contribution in [0.2, 0.25) is 0 Å². The lowest BCUT2D eigenvalue weighted by Crippen LogP contribution is -2.46. The summed E-state index contributed by atoms with van der Waals surface area (Å²) in [5.74, 6) is -1.72. The van der Waals surface area contributed by atoms with E-state index in [0.717, 1.165) is 4.47 Å². The lowest BCUT2D eigenvalue weighted by atomic mass is 9.64. The largest absolute Gasteiger partial charge is 0.293 e. The van der Waals surface area contributed by atoms with Gasteiger partial charge in [-0.05, 0) is 23.3 Å². The summed E-state index contributed by atoms with van der Waals surface area (Å²) in [5.41, 5.74) is -0.00545. The van der Waals surface area contributed by atoms with Crippen LogP contribution < -0.4 is 0 Å². The maximum atomic E-state index is 13.7. The molecular formula is C23H16BrNO4. The molecule has 6 heteroatoms. The predicted molar refractivity (Wildman–Crippen MR) is 112 cm³/mol. The van der Waals surface area contributed by atoms with Crippen LogP contribution in [0.15, 0.2) is 83.3 Å². The minimum absolute atomic E-state index is 0.312. The Balaban J connectivity index is 2.03. The molecule has 0 fully saturated rings. The number of nitrogens with zero attached hydrogens (tertiary/aromatic N) is 1. The molecule has 3 aromatic carbocycles. The molecule has 144 valence electrons. The zero-order valence-corrected chi connectivity index (χ0v) is 16.8. The van der Waals surface area contributed by atoms with Crippen LogP contribution >= 0.6 is 15.9 Å². The number of halogens is 1. The van der Waals surface area contributed by atoms with Crippen LogP contribution in [-0.2, 0) is 5.41 Å². The number of nitro groups is 1. The Kier molecular flexibility index (Phi) is 4.88. The van der Waals surface area contributed by atoms with Gasteiger partial charge in [0.1, 0.15) is 5.41 Å². The smallest absolute Gasteiger partial charge is 0.212 e. The summed E-state index contributed by atoms with van der Waals surface area (Å²) in [6.45, 7) is -0.540. The van der Waals surface area contributed by atoms with E-state index in [0.29, 0.717) is 22.3 Å². The van der Waals surface area contributed by atoms with E-state index in [1.807, 2.05) is 0 Å². The summed E-state index contributed by atoms with van der Waals surface area (Å²) < 4.78 is 0.808. The van der Waals surface area contributed by atoms with E-state index in [4.69, 9.17) is 0 Å². The van der Waals surface area contributed by atoms with E-state index in [1.54, 1.807) is 78.9 Å². The summed E-state index contributed by atoms with van der Waals surface area (Å²) in [6.07, 6.45) is 0. The molecule has 1 atom stereocenters. The average molecular weight is 450 g/mol. The molecule has 1 unspecified atom stereocenters. The SMILES string of the molecule is O=C1c2ccccc2C(=O)C1(c1ccccc1)C(C[N+](=O)[O-])c1ccc(Br)cc1. The van der Waals surface area contributed by atoms with E-state index in [9.17, 15) is 19.7 Å². The van der Waals surface area contributed by atoms with Crippen LogP contribution in [0.1, 0.15) is 37.8 Å². The van der Waals surface area contributed by atoms with E-state index in [1.165, 1.54) is 0 Å². The van der Waals surface area contributed by atoms with Gasteiger partial charge in [0.15, 0.2) is 11.6 Å². The van der Waals surface area contributed by atoms with Gasteiger partial charge in [-0.1, -0.05) is 82.7 Å². The molecule has 0 spiro atoms. The third kappa shape index (κ3) is 3.00. The van der Waals surface area contributed by atoms with Gasteiger partial charge >= 0.3 is 0 Å². The van der Waals surface area contributed by atoms with Crippen LogP contribution in [0.3, 0.4) is 0 Å². The molecule has 1 aliphatic rings. The third-order valence-corrected chi connectivity index (χ3v) is 6.02. The fourth-order valence-corrected chi connectivity index (χ4v) is 4.49. The van der Waals surface area contributed by atoms with Gasteiger partial charge in [0, 0.05) is 20.5 Å². The fraction of sp³-hybridized carbons (Fsp3) is 0.130. The van der Waals surface area contributed by atoms with E-state index >= 15 is 0 Å². The Morgan fingerprint density at radius 3 is 1.86 bits per heavy atom. The lowest BCUT2D eigenvalue weighted by molar-refractivity contribution is -0.484. The number of rotatable bonds is 5. The molecule has 0 N–H and O–H groups in total. The first-order valence-electron chi connectivity index (χ1n) is 9.07. The molecule has 0 heterocycles. The van der Waals surface area contributed by atoms with Crippen LogP contribution in [0.5, 0.6) is 0 Å². The average Bonchev–Trinajstić information content (AvgIpc) is 2.96. The Hall–Kier alpha value is -3.12. The molecule has 0 amide bonds. The van der Waals surface area contributed by atoms with Gasteiger partial charge in [0.2, 0.25) is 6.54 Å². The molecule has 0 aromatic heterocycles. The highest BCUT2D eigenvalue weighted by Crippen LogP contribution is 2.49. The summed E-state index contributed by atoms with van der Waals surface area (Å²) in [6, 6.07) is 22.3. The molecule has 0 saturated heterocycles. The minimum Gasteiger partial charge on any atom is -0.293 e. The van der Waals surface area contributed by atoms with Crippen molar-refractivity contribution < 1.29 is 14.5 Å². The minimum atomic E-state index is -1.67. The zero-order valence-electron chi connectivity index (χ0n) is 15.2. The van der Waals surface area contributed by atoms with Crippen molar-refractivity contribution in [2.75, 3.05) is 6.54 Å². The van der Waals surface area contributed by atoms with Crippen LogP contribution in [0, 0.1) is 10.1 Å². The van der Waals surface area contributed by atoms with Crippen molar-refractivity contribution in [2.24, 2.45) is 0 Å². The highest BCUT2D eigenvalue weighted by atomic mass is 79.9. The van der Waals surface area contributed by atoms with Crippen molar-refractivity contribution in [3.05, 3.63) is 116 Å². The Morgan fingerprint density at radius 1 is 0.828 bits per heavy atom. The van der Waals surface area contributed by atoms with E-state index in [-0.39, 0.29) is 11.6 Å². The maximum Gasteiger partial charge on any atom is 0.212 e. The maximum absolute atomic E-state index is 13.7. The lowest BCUT2D eigenvalue weighted by Gasteiger charge is -2.33. The number of Topliss-reactive ketones (excluding diaryl/α,β-unsaturated/α-hetero) is 2. The summed E-state index contributed by atoms with van der Waals surface area (Å²) in [4.78, 5) is 38.7. The molecule has 4 rings (SSSR count). The number of ketones is 2. The van der Waals surface area contributed by atoms with Gasteiger partial charge < -0.3 is 0 Å². The second-order valence-electron chi connectivity index (χ2n) is 7.00. The second-order valence-corrected chi connectivity index (χ2v) is 7.91. The Labute approximate surface area is 175 Å². The molecule has 0 radical (unpaired) electrons. The standard InChI is InChI=1S/C23H16BrNO4/c24-17-12-10-15(11-13-17)20(14-25(28)29)23(16-6-2-1-3-7-16)21(26)18-8-4-5-9-19(18)22(23)27/h1-13,20H,14H2. The van der Waals surface area contributed by atoms with Gasteiger partial charge in [-0.2, -0.15) is 0 Å². The number of benzene rings is 3. The Bertz CT molecular complexity index is 1070. The van der Waals surface area contributed by atoms with Crippen LogP contribution in [-0.4, -0.2) is 23.0 Å². The molecule has 0 bridgehead atoms. The van der Waals surface area contributed by atoms with Gasteiger partial charge in [-0.15, -0.1) is 0 Å². The first-order chi connectivity index (χ1) is 14.0. The number of hydrogen-bond donors (Lipinski definition) is 0. The highest BCUT2D eigenvalue weighted by molar-refractivity contribution is 9.10. The second kappa shape index (κ2) is 7.37. The molecular weight excluding hydrogens is 434 g/mol. The van der Waals surface area contributed by atoms with Crippen molar-refractivity contribution >= 4 is 27.5 Å². The van der Waals surface area contributed by atoms with Crippen molar-refractivity contribution in [3.63, 3.8) is 0 Å². The van der Waals surface area contributed by atoms with E-state index in [2.05, 4.69) is 15.9 Å². The summed E-state index contributed by atoms with van der Waals surface area (Å²) >= 11 is 3.37. The normalized spacial score (nSPS) is 15.8. The van der Waals surface area contributed by atoms with Crippen LogP contribution in [0.4, 0.5) is 0 Å². The van der Waals surface area contributed by atoms with Crippen molar-refractivity contribution in [2.45, 2.75) is 11.3 Å². The van der Waals surface area contributed by atoms with Gasteiger partial charge in [-0.25, -0.2) is 0 Å².